The van der Waals surface area contributed by atoms with Gasteiger partial charge >= 0.3 is 5.97 Å². The van der Waals surface area contributed by atoms with E-state index in [0.29, 0.717) is 19.1 Å². The molecule has 20 heavy (non-hydrogen) atoms. The van der Waals surface area contributed by atoms with Gasteiger partial charge in [0.05, 0.1) is 13.2 Å². The van der Waals surface area contributed by atoms with Crippen molar-refractivity contribution >= 4 is 5.97 Å². The summed E-state index contributed by atoms with van der Waals surface area (Å²) in [4.78, 5) is 12.2. The number of rotatable bonds is 8. The summed E-state index contributed by atoms with van der Waals surface area (Å²) in [7, 11) is 1.66. The summed E-state index contributed by atoms with van der Waals surface area (Å²) in [5.41, 5.74) is 1.98. The number of esters is 1. The molecule has 110 valence electrons. The zero-order valence-electron chi connectivity index (χ0n) is 12.2. The molecule has 4 heteroatoms. The number of ether oxygens (including phenoxy) is 2. The maximum atomic E-state index is 12.2. The zero-order valence-corrected chi connectivity index (χ0v) is 12.2. The molecular weight excluding hydrogens is 254 g/mol. The molecule has 0 saturated heterocycles. The second-order valence-electron chi connectivity index (χ2n) is 5.17. The monoisotopic (exact) mass is 277 g/mol. The molecule has 1 N–H and O–H groups in total. The Labute approximate surface area is 120 Å². The molecule has 0 aromatic heterocycles. The van der Waals surface area contributed by atoms with Crippen LogP contribution in [0.4, 0.5) is 0 Å². The van der Waals surface area contributed by atoms with Crippen LogP contribution in [0.3, 0.4) is 0 Å². The molecule has 1 aliphatic carbocycles. The summed E-state index contributed by atoms with van der Waals surface area (Å²) in [5.74, 6) is 0.498. The fourth-order valence-electron chi connectivity index (χ4n) is 2.26. The van der Waals surface area contributed by atoms with E-state index in [1.54, 1.807) is 7.11 Å². The number of carbonyl (C=O) groups excluding carboxylic acids is 1. The fourth-order valence-corrected chi connectivity index (χ4v) is 2.26. The standard InChI is InChI=1S/C16H23NO3/c1-3-20-16(18)15(17-10-12-8-9-12)14-7-5-4-6-13(14)11-19-2/h4-7,12,15,17H,3,8-11H2,1-2H3. The average Bonchev–Trinajstić information content (AvgIpc) is 3.25. The first-order valence-corrected chi connectivity index (χ1v) is 7.23. The quantitative estimate of drug-likeness (QED) is 0.741. The van der Waals surface area contributed by atoms with Gasteiger partial charge in [0, 0.05) is 7.11 Å². The Morgan fingerprint density at radius 3 is 2.80 bits per heavy atom. The maximum absolute atomic E-state index is 12.2. The van der Waals surface area contributed by atoms with Gasteiger partial charge in [-0.2, -0.15) is 0 Å². The summed E-state index contributed by atoms with van der Waals surface area (Å²) in [6.07, 6.45) is 2.50. The molecule has 1 saturated carbocycles. The third-order valence-corrected chi connectivity index (χ3v) is 3.50. The summed E-state index contributed by atoms with van der Waals surface area (Å²) in [6, 6.07) is 7.46. The van der Waals surface area contributed by atoms with Gasteiger partial charge in [-0.25, -0.2) is 4.79 Å². The lowest BCUT2D eigenvalue weighted by Crippen LogP contribution is -2.32. The Bertz CT molecular complexity index is 443. The van der Waals surface area contributed by atoms with Crippen molar-refractivity contribution in [3.8, 4) is 0 Å². The van der Waals surface area contributed by atoms with Crippen LogP contribution in [0, 0.1) is 5.92 Å². The maximum Gasteiger partial charge on any atom is 0.327 e. The molecule has 0 bridgehead atoms. The Balaban J connectivity index is 2.16. The zero-order chi connectivity index (χ0) is 14.4. The largest absolute Gasteiger partial charge is 0.465 e. The van der Waals surface area contributed by atoms with Gasteiger partial charge in [-0.05, 0) is 43.4 Å². The summed E-state index contributed by atoms with van der Waals surface area (Å²) < 4.78 is 10.4. The molecule has 0 aliphatic heterocycles. The highest BCUT2D eigenvalue weighted by Crippen LogP contribution is 2.29. The second-order valence-corrected chi connectivity index (χ2v) is 5.17. The first-order chi connectivity index (χ1) is 9.76. The second kappa shape index (κ2) is 7.41. The van der Waals surface area contributed by atoms with Gasteiger partial charge in [-0.1, -0.05) is 24.3 Å². The molecule has 1 atom stereocenters. The van der Waals surface area contributed by atoms with Crippen LogP contribution in [0.25, 0.3) is 0 Å². The van der Waals surface area contributed by atoms with E-state index in [1.165, 1.54) is 12.8 Å². The van der Waals surface area contributed by atoms with Crippen LogP contribution in [0.1, 0.15) is 36.9 Å². The summed E-state index contributed by atoms with van der Waals surface area (Å²) in [6.45, 7) is 3.59. The third-order valence-electron chi connectivity index (χ3n) is 3.50. The molecule has 1 aromatic carbocycles. The van der Waals surface area contributed by atoms with E-state index in [2.05, 4.69) is 5.32 Å². The molecule has 1 fully saturated rings. The highest BCUT2D eigenvalue weighted by atomic mass is 16.5. The van der Waals surface area contributed by atoms with Crippen molar-refractivity contribution in [3.63, 3.8) is 0 Å². The van der Waals surface area contributed by atoms with E-state index in [1.807, 2.05) is 31.2 Å². The number of nitrogens with one attached hydrogen (secondary N) is 1. The van der Waals surface area contributed by atoms with E-state index in [0.717, 1.165) is 17.7 Å². The minimum Gasteiger partial charge on any atom is -0.465 e. The summed E-state index contributed by atoms with van der Waals surface area (Å²) in [5, 5.41) is 3.35. The van der Waals surface area contributed by atoms with Crippen molar-refractivity contribution < 1.29 is 14.3 Å². The van der Waals surface area contributed by atoms with Crippen LogP contribution < -0.4 is 5.32 Å². The number of hydrogen-bond acceptors (Lipinski definition) is 4. The van der Waals surface area contributed by atoms with E-state index < -0.39 is 6.04 Å². The van der Waals surface area contributed by atoms with Crippen molar-refractivity contribution in [2.75, 3.05) is 20.3 Å². The average molecular weight is 277 g/mol. The highest BCUT2D eigenvalue weighted by molar-refractivity contribution is 5.78. The first-order valence-electron chi connectivity index (χ1n) is 7.23. The van der Waals surface area contributed by atoms with Crippen LogP contribution >= 0.6 is 0 Å². The number of methoxy groups -OCH3 is 1. The lowest BCUT2D eigenvalue weighted by molar-refractivity contribution is -0.145. The molecule has 0 radical (unpaired) electrons. The molecule has 0 heterocycles. The number of hydrogen-bond donors (Lipinski definition) is 1. The van der Waals surface area contributed by atoms with Crippen LogP contribution in [0.5, 0.6) is 0 Å². The lowest BCUT2D eigenvalue weighted by atomic mass is 10.0. The van der Waals surface area contributed by atoms with Crippen LogP contribution in [-0.4, -0.2) is 26.2 Å². The smallest absolute Gasteiger partial charge is 0.327 e. The van der Waals surface area contributed by atoms with E-state index in [9.17, 15) is 4.79 Å². The number of carbonyl (C=O) groups is 1. The molecule has 4 nitrogen and oxygen atoms in total. The minimum atomic E-state index is -0.401. The van der Waals surface area contributed by atoms with Crippen LogP contribution in [0.15, 0.2) is 24.3 Å². The molecule has 1 unspecified atom stereocenters. The fraction of sp³-hybridized carbons (Fsp3) is 0.562. The van der Waals surface area contributed by atoms with Crippen molar-refractivity contribution in [3.05, 3.63) is 35.4 Å². The van der Waals surface area contributed by atoms with E-state index in [-0.39, 0.29) is 5.97 Å². The minimum absolute atomic E-state index is 0.211. The van der Waals surface area contributed by atoms with Crippen LogP contribution in [-0.2, 0) is 20.9 Å². The lowest BCUT2D eigenvalue weighted by Gasteiger charge is -2.20. The first kappa shape index (κ1) is 15.0. The van der Waals surface area contributed by atoms with Gasteiger partial charge in [0.2, 0.25) is 0 Å². The van der Waals surface area contributed by atoms with Gasteiger partial charge in [0.15, 0.2) is 0 Å². The van der Waals surface area contributed by atoms with Crippen molar-refractivity contribution in [2.24, 2.45) is 5.92 Å². The summed E-state index contributed by atoms with van der Waals surface area (Å²) >= 11 is 0. The van der Waals surface area contributed by atoms with Gasteiger partial charge in [0.25, 0.3) is 0 Å². The molecule has 0 amide bonds. The Hall–Kier alpha value is -1.39. The Morgan fingerprint density at radius 1 is 1.40 bits per heavy atom. The van der Waals surface area contributed by atoms with E-state index >= 15 is 0 Å². The van der Waals surface area contributed by atoms with Crippen molar-refractivity contribution in [2.45, 2.75) is 32.4 Å². The van der Waals surface area contributed by atoms with Crippen molar-refractivity contribution in [1.29, 1.82) is 0 Å². The molecular formula is C16H23NO3. The van der Waals surface area contributed by atoms with Gasteiger partial charge in [0.1, 0.15) is 6.04 Å². The Kier molecular flexibility index (Phi) is 5.56. The van der Waals surface area contributed by atoms with E-state index in [4.69, 9.17) is 9.47 Å². The topological polar surface area (TPSA) is 47.6 Å². The normalized spacial score (nSPS) is 15.9. The van der Waals surface area contributed by atoms with Gasteiger partial charge < -0.3 is 14.8 Å². The molecule has 1 aliphatic rings. The molecule has 2 rings (SSSR count). The third kappa shape index (κ3) is 4.05. The SMILES string of the molecule is CCOC(=O)C(NCC1CC1)c1ccccc1COC. The predicted molar refractivity (Wildman–Crippen MR) is 77.3 cm³/mol. The Morgan fingerprint density at radius 2 is 2.15 bits per heavy atom. The molecule has 1 aromatic rings. The van der Waals surface area contributed by atoms with Crippen molar-refractivity contribution in [1.82, 2.24) is 5.32 Å². The van der Waals surface area contributed by atoms with Gasteiger partial charge in [-0.3, -0.25) is 0 Å². The van der Waals surface area contributed by atoms with Crippen LogP contribution in [0.2, 0.25) is 0 Å². The predicted octanol–water partition coefficient (Wildman–Crippen LogP) is 2.44. The number of benzene rings is 1. The highest BCUT2D eigenvalue weighted by Gasteiger charge is 2.28. The molecule has 0 spiro atoms. The van der Waals surface area contributed by atoms with Gasteiger partial charge in [-0.15, -0.1) is 0 Å².